The smallest absolute Gasteiger partial charge is 0.251 e. The number of thioether (sulfide) groups is 1. The molecule has 1 aromatic carbocycles. The number of carbonyl (C=O) groups excluding carboxylic acids is 1. The van der Waals surface area contributed by atoms with Gasteiger partial charge in [-0.2, -0.15) is 11.8 Å². The van der Waals surface area contributed by atoms with Crippen molar-refractivity contribution in [2.45, 2.75) is 12.5 Å². The molecule has 0 fully saturated rings. The van der Waals surface area contributed by atoms with Crippen LogP contribution in [0.3, 0.4) is 0 Å². The van der Waals surface area contributed by atoms with Crippen LogP contribution in [0.1, 0.15) is 17.3 Å². The highest BCUT2D eigenvalue weighted by Gasteiger charge is 2.20. The molecular weight excluding hydrogens is 241 g/mol. The molecule has 5 heteroatoms. The van der Waals surface area contributed by atoms with E-state index in [1.54, 1.807) is 6.92 Å². The van der Waals surface area contributed by atoms with Gasteiger partial charge >= 0.3 is 0 Å². The van der Waals surface area contributed by atoms with Crippen LogP contribution in [0.4, 0.5) is 4.39 Å². The number of hydrogen-bond donors (Lipinski definition) is 2. The van der Waals surface area contributed by atoms with Gasteiger partial charge in [-0.1, -0.05) is 0 Å². The standard InChI is InChI=1S/C12H16FNO2S/c1-12(16,8-17-2)7-14-11(15)9-3-5-10(13)6-4-9/h3-6,16H,7-8H2,1-2H3,(H,14,15). The molecule has 1 rings (SSSR count). The Kier molecular flexibility index (Phi) is 4.96. The Balaban J connectivity index is 2.53. The lowest BCUT2D eigenvalue weighted by molar-refractivity contribution is 0.0725. The van der Waals surface area contributed by atoms with Gasteiger partial charge in [0, 0.05) is 17.9 Å². The third-order valence-electron chi connectivity index (χ3n) is 2.19. The lowest BCUT2D eigenvalue weighted by Gasteiger charge is -2.22. The van der Waals surface area contributed by atoms with Crippen molar-refractivity contribution in [1.82, 2.24) is 5.32 Å². The minimum Gasteiger partial charge on any atom is -0.387 e. The first-order chi connectivity index (χ1) is 7.94. The maximum Gasteiger partial charge on any atom is 0.251 e. The average molecular weight is 257 g/mol. The largest absolute Gasteiger partial charge is 0.387 e. The summed E-state index contributed by atoms with van der Waals surface area (Å²) in [6, 6.07) is 5.28. The Hall–Kier alpha value is -1.07. The molecule has 0 saturated carbocycles. The Bertz CT molecular complexity index is 379. The second-order valence-corrected chi connectivity index (χ2v) is 4.99. The maximum atomic E-state index is 12.7. The Morgan fingerprint density at radius 2 is 2.06 bits per heavy atom. The molecule has 17 heavy (non-hydrogen) atoms. The van der Waals surface area contributed by atoms with Gasteiger partial charge in [0.25, 0.3) is 5.91 Å². The van der Waals surface area contributed by atoms with Gasteiger partial charge in [0.1, 0.15) is 5.82 Å². The normalized spacial score (nSPS) is 14.1. The highest BCUT2D eigenvalue weighted by molar-refractivity contribution is 7.98. The summed E-state index contributed by atoms with van der Waals surface area (Å²) in [4.78, 5) is 11.7. The molecule has 0 aromatic heterocycles. The number of carbonyl (C=O) groups is 1. The van der Waals surface area contributed by atoms with Crippen LogP contribution in [0.15, 0.2) is 24.3 Å². The van der Waals surface area contributed by atoms with Gasteiger partial charge in [-0.15, -0.1) is 0 Å². The number of benzene rings is 1. The van der Waals surface area contributed by atoms with Crippen LogP contribution in [0.2, 0.25) is 0 Å². The van der Waals surface area contributed by atoms with Crippen molar-refractivity contribution < 1.29 is 14.3 Å². The highest BCUT2D eigenvalue weighted by Crippen LogP contribution is 2.09. The van der Waals surface area contributed by atoms with Gasteiger partial charge in [0.05, 0.1) is 5.60 Å². The minimum absolute atomic E-state index is 0.171. The fourth-order valence-corrected chi connectivity index (χ4v) is 2.06. The van der Waals surface area contributed by atoms with Crippen molar-refractivity contribution in [1.29, 1.82) is 0 Å². The Morgan fingerprint density at radius 3 is 2.59 bits per heavy atom. The van der Waals surface area contributed by atoms with Gasteiger partial charge in [-0.3, -0.25) is 4.79 Å². The fourth-order valence-electron chi connectivity index (χ4n) is 1.34. The van der Waals surface area contributed by atoms with Crippen molar-refractivity contribution in [3.05, 3.63) is 35.6 Å². The van der Waals surface area contributed by atoms with Gasteiger partial charge in [-0.25, -0.2) is 4.39 Å². The molecule has 3 nitrogen and oxygen atoms in total. The van der Waals surface area contributed by atoms with E-state index in [9.17, 15) is 14.3 Å². The van der Waals surface area contributed by atoms with Gasteiger partial charge in [0.15, 0.2) is 0 Å². The van der Waals surface area contributed by atoms with E-state index in [1.807, 2.05) is 6.26 Å². The van der Waals surface area contributed by atoms with E-state index < -0.39 is 5.60 Å². The number of rotatable bonds is 5. The molecule has 0 radical (unpaired) electrons. The topological polar surface area (TPSA) is 49.3 Å². The quantitative estimate of drug-likeness (QED) is 0.843. The predicted molar refractivity (Wildman–Crippen MR) is 67.7 cm³/mol. The van der Waals surface area contributed by atoms with Gasteiger partial charge < -0.3 is 10.4 Å². The summed E-state index contributed by atoms with van der Waals surface area (Å²) >= 11 is 1.51. The summed E-state index contributed by atoms with van der Waals surface area (Å²) in [6.07, 6.45) is 1.89. The molecule has 1 atom stereocenters. The van der Waals surface area contributed by atoms with E-state index >= 15 is 0 Å². The first-order valence-electron chi connectivity index (χ1n) is 5.20. The molecule has 1 amide bonds. The fraction of sp³-hybridized carbons (Fsp3) is 0.417. The zero-order valence-electron chi connectivity index (χ0n) is 9.87. The monoisotopic (exact) mass is 257 g/mol. The summed E-state index contributed by atoms with van der Waals surface area (Å²) in [5.74, 6) is -0.154. The van der Waals surface area contributed by atoms with Crippen LogP contribution in [-0.2, 0) is 0 Å². The number of nitrogens with one attached hydrogen (secondary N) is 1. The van der Waals surface area contributed by atoms with E-state index in [0.717, 1.165) is 0 Å². The Labute approximate surface area is 104 Å². The minimum atomic E-state index is -0.935. The van der Waals surface area contributed by atoms with Crippen molar-refractivity contribution >= 4 is 17.7 Å². The molecule has 0 aliphatic heterocycles. The van der Waals surface area contributed by atoms with E-state index in [0.29, 0.717) is 11.3 Å². The maximum absolute atomic E-state index is 12.7. The van der Waals surface area contributed by atoms with E-state index in [4.69, 9.17) is 0 Å². The zero-order chi connectivity index (χ0) is 12.9. The summed E-state index contributed by atoms with van der Waals surface area (Å²) in [7, 11) is 0. The number of halogens is 1. The Morgan fingerprint density at radius 1 is 1.47 bits per heavy atom. The predicted octanol–water partition coefficient (Wildman–Crippen LogP) is 1.67. The van der Waals surface area contributed by atoms with Crippen LogP contribution < -0.4 is 5.32 Å². The molecule has 94 valence electrons. The van der Waals surface area contributed by atoms with Gasteiger partial charge in [-0.05, 0) is 37.4 Å². The number of aliphatic hydroxyl groups is 1. The van der Waals surface area contributed by atoms with Crippen LogP contribution in [0.25, 0.3) is 0 Å². The summed E-state index contributed by atoms with van der Waals surface area (Å²) < 4.78 is 12.7. The number of amides is 1. The van der Waals surface area contributed by atoms with Gasteiger partial charge in [0.2, 0.25) is 0 Å². The van der Waals surface area contributed by atoms with Crippen molar-refractivity contribution in [2.24, 2.45) is 0 Å². The second-order valence-electron chi connectivity index (χ2n) is 4.12. The third kappa shape index (κ3) is 4.75. The van der Waals surface area contributed by atoms with Crippen LogP contribution in [0, 0.1) is 5.82 Å². The van der Waals surface area contributed by atoms with E-state index in [1.165, 1.54) is 36.0 Å². The van der Waals surface area contributed by atoms with Crippen molar-refractivity contribution in [3.8, 4) is 0 Å². The SMILES string of the molecule is CSCC(C)(O)CNC(=O)c1ccc(F)cc1. The van der Waals surface area contributed by atoms with Crippen LogP contribution in [0.5, 0.6) is 0 Å². The lowest BCUT2D eigenvalue weighted by atomic mass is 10.1. The molecule has 0 bridgehead atoms. The van der Waals surface area contributed by atoms with E-state index in [-0.39, 0.29) is 18.3 Å². The van der Waals surface area contributed by atoms with Crippen molar-refractivity contribution in [3.63, 3.8) is 0 Å². The first-order valence-corrected chi connectivity index (χ1v) is 6.59. The molecule has 1 unspecified atom stereocenters. The molecule has 0 aliphatic rings. The molecule has 0 spiro atoms. The van der Waals surface area contributed by atoms with Crippen LogP contribution >= 0.6 is 11.8 Å². The number of hydrogen-bond acceptors (Lipinski definition) is 3. The lowest BCUT2D eigenvalue weighted by Crippen LogP contribution is -2.42. The first kappa shape index (κ1) is 14.0. The second kappa shape index (κ2) is 6.02. The average Bonchev–Trinajstić information content (AvgIpc) is 2.27. The summed E-state index contributed by atoms with van der Waals surface area (Å²) in [5, 5.41) is 12.5. The summed E-state index contributed by atoms with van der Waals surface area (Å²) in [5.41, 5.74) is -0.555. The zero-order valence-corrected chi connectivity index (χ0v) is 10.7. The molecule has 1 aromatic rings. The highest BCUT2D eigenvalue weighted by atomic mass is 32.2. The molecular formula is C12H16FNO2S. The van der Waals surface area contributed by atoms with E-state index in [2.05, 4.69) is 5.32 Å². The molecule has 0 saturated heterocycles. The molecule has 0 heterocycles. The third-order valence-corrected chi connectivity index (χ3v) is 3.10. The van der Waals surface area contributed by atoms with Crippen molar-refractivity contribution in [2.75, 3.05) is 18.6 Å². The molecule has 2 N–H and O–H groups in total. The summed E-state index contributed by atoms with van der Waals surface area (Å²) in [6.45, 7) is 1.83. The van der Waals surface area contributed by atoms with Crippen LogP contribution in [-0.4, -0.2) is 35.2 Å². The molecule has 0 aliphatic carbocycles.